The number of aliphatic hydroxyl groups is 2. The maximum atomic E-state index is 12.8. The molecule has 4 rings (SSSR count). The van der Waals surface area contributed by atoms with Gasteiger partial charge in [0, 0.05) is 13.1 Å². The van der Waals surface area contributed by atoms with E-state index in [2.05, 4.69) is 25.7 Å². The molecule has 6 heteroatoms. The maximum Gasteiger partial charge on any atom is 0.419 e. The van der Waals surface area contributed by atoms with Gasteiger partial charge in [-0.15, -0.1) is 0 Å². The lowest BCUT2D eigenvalue weighted by Gasteiger charge is -2.47. The molecule has 1 aliphatic heterocycles. The molecule has 2 N–H and O–H groups in total. The molecule has 180 valence electrons. The zero-order chi connectivity index (χ0) is 23.1. The van der Waals surface area contributed by atoms with Crippen molar-refractivity contribution in [3.8, 4) is 0 Å². The first-order chi connectivity index (χ1) is 15.0. The van der Waals surface area contributed by atoms with E-state index in [1.807, 2.05) is 0 Å². The van der Waals surface area contributed by atoms with Crippen molar-refractivity contribution in [2.75, 3.05) is 19.6 Å². The van der Waals surface area contributed by atoms with Gasteiger partial charge in [0.1, 0.15) is 0 Å². The van der Waals surface area contributed by atoms with Crippen LogP contribution >= 0.6 is 0 Å². The molecule has 4 fully saturated rings. The lowest BCUT2D eigenvalue weighted by atomic mass is 9.62. The highest BCUT2D eigenvalue weighted by atomic mass is 19.4. The van der Waals surface area contributed by atoms with Gasteiger partial charge in [0.25, 0.3) is 0 Å². The van der Waals surface area contributed by atoms with Crippen LogP contribution in [0.15, 0.2) is 35.5 Å². The Kier molecular flexibility index (Phi) is 6.70. The Balaban J connectivity index is 1.31. The summed E-state index contributed by atoms with van der Waals surface area (Å²) in [6.07, 6.45) is 10.1. The van der Waals surface area contributed by atoms with Gasteiger partial charge in [-0.1, -0.05) is 36.8 Å². The largest absolute Gasteiger partial charge is 0.419 e. The summed E-state index contributed by atoms with van der Waals surface area (Å²) in [5.41, 5.74) is 1.58. The molecule has 0 spiro atoms. The zero-order valence-electron chi connectivity index (χ0n) is 19.3. The summed E-state index contributed by atoms with van der Waals surface area (Å²) in [6.45, 7) is 6.43. The third-order valence-electron chi connectivity index (χ3n) is 8.91. The van der Waals surface area contributed by atoms with E-state index in [9.17, 15) is 23.4 Å². The van der Waals surface area contributed by atoms with E-state index in [-0.39, 0.29) is 18.5 Å². The number of allylic oxidation sites excluding steroid dienone is 3. The van der Waals surface area contributed by atoms with Gasteiger partial charge in [0.05, 0.1) is 6.10 Å². The topological polar surface area (TPSA) is 43.7 Å². The summed E-state index contributed by atoms with van der Waals surface area (Å²) in [6, 6.07) is 0. The van der Waals surface area contributed by atoms with Crippen LogP contribution in [0.1, 0.15) is 71.1 Å². The molecule has 4 atom stereocenters. The summed E-state index contributed by atoms with van der Waals surface area (Å²) in [4.78, 5) is 1.73. The molecule has 0 aromatic heterocycles. The molecular formula is C26H38F3NO2. The summed E-state index contributed by atoms with van der Waals surface area (Å²) < 4.78 is 38.4. The maximum absolute atomic E-state index is 12.8. The van der Waals surface area contributed by atoms with Gasteiger partial charge in [-0.3, -0.25) is 4.90 Å². The Morgan fingerprint density at radius 3 is 2.59 bits per heavy atom. The van der Waals surface area contributed by atoms with Crippen LogP contribution in [0, 0.1) is 17.3 Å². The van der Waals surface area contributed by atoms with Crippen LogP contribution in [-0.4, -0.2) is 52.6 Å². The molecule has 3 saturated carbocycles. The average molecular weight is 454 g/mol. The minimum atomic E-state index is -4.53. The minimum Gasteiger partial charge on any atom is -0.388 e. The number of alkyl halides is 3. The van der Waals surface area contributed by atoms with E-state index in [4.69, 9.17) is 0 Å². The molecule has 1 heterocycles. The van der Waals surface area contributed by atoms with Crippen molar-refractivity contribution in [3.05, 3.63) is 35.5 Å². The summed E-state index contributed by atoms with van der Waals surface area (Å²) in [7, 11) is 0. The van der Waals surface area contributed by atoms with Gasteiger partial charge in [0.2, 0.25) is 0 Å². The van der Waals surface area contributed by atoms with Crippen LogP contribution in [0.25, 0.3) is 0 Å². The fraction of sp³-hybridized carbons (Fsp3) is 0.769. The van der Waals surface area contributed by atoms with E-state index in [0.717, 1.165) is 37.7 Å². The highest BCUT2D eigenvalue weighted by Gasteiger charge is 2.60. The SMILES string of the molecule is C=C1CC/C(=C/C=C2\CCCC3(C)C(CCCN4CC(O)(C(F)(F)F)C4)CCC23)CC1O. The fourth-order valence-corrected chi connectivity index (χ4v) is 6.77. The summed E-state index contributed by atoms with van der Waals surface area (Å²) in [5, 5.41) is 19.7. The van der Waals surface area contributed by atoms with Crippen LogP contribution < -0.4 is 0 Å². The van der Waals surface area contributed by atoms with E-state index in [1.54, 1.807) is 10.5 Å². The zero-order valence-corrected chi connectivity index (χ0v) is 19.3. The van der Waals surface area contributed by atoms with Gasteiger partial charge in [-0.2, -0.15) is 13.2 Å². The van der Waals surface area contributed by atoms with Crippen molar-refractivity contribution in [1.82, 2.24) is 4.90 Å². The van der Waals surface area contributed by atoms with E-state index in [0.29, 0.717) is 24.8 Å². The quantitative estimate of drug-likeness (QED) is 0.537. The first-order valence-electron chi connectivity index (χ1n) is 12.3. The predicted octanol–water partition coefficient (Wildman–Crippen LogP) is 5.55. The highest BCUT2D eigenvalue weighted by Crippen LogP contribution is 2.58. The number of nitrogens with zero attached hydrogens (tertiary/aromatic N) is 1. The van der Waals surface area contributed by atoms with E-state index >= 15 is 0 Å². The molecule has 0 aromatic carbocycles. The van der Waals surface area contributed by atoms with Gasteiger partial charge in [-0.25, -0.2) is 0 Å². The number of β-amino-alcohol motifs (C(OH)–C–C–N with tert-alkyl or cyclic N) is 1. The summed E-state index contributed by atoms with van der Waals surface area (Å²) >= 11 is 0. The molecule has 4 aliphatic rings. The fourth-order valence-electron chi connectivity index (χ4n) is 6.77. The van der Waals surface area contributed by atoms with Gasteiger partial charge in [0.15, 0.2) is 5.60 Å². The van der Waals surface area contributed by atoms with Crippen molar-refractivity contribution in [1.29, 1.82) is 0 Å². The van der Waals surface area contributed by atoms with Crippen LogP contribution in [0.3, 0.4) is 0 Å². The van der Waals surface area contributed by atoms with Crippen molar-refractivity contribution in [2.24, 2.45) is 17.3 Å². The van der Waals surface area contributed by atoms with Crippen LogP contribution in [0.5, 0.6) is 0 Å². The molecule has 0 amide bonds. The average Bonchev–Trinajstić information content (AvgIpc) is 3.03. The van der Waals surface area contributed by atoms with Gasteiger partial charge < -0.3 is 10.2 Å². The van der Waals surface area contributed by atoms with E-state index in [1.165, 1.54) is 31.3 Å². The smallest absolute Gasteiger partial charge is 0.388 e. The number of hydrogen-bond acceptors (Lipinski definition) is 3. The molecule has 3 aliphatic carbocycles. The van der Waals surface area contributed by atoms with Crippen molar-refractivity contribution in [3.63, 3.8) is 0 Å². The monoisotopic (exact) mass is 453 g/mol. The molecule has 32 heavy (non-hydrogen) atoms. The van der Waals surface area contributed by atoms with Crippen molar-refractivity contribution in [2.45, 2.75) is 89.0 Å². The number of fused-ring (bicyclic) bond motifs is 1. The number of rotatable bonds is 5. The molecule has 1 saturated heterocycles. The number of aliphatic hydroxyl groups excluding tert-OH is 1. The van der Waals surface area contributed by atoms with Crippen molar-refractivity contribution >= 4 is 0 Å². The second-order valence-corrected chi connectivity index (χ2v) is 11.0. The highest BCUT2D eigenvalue weighted by molar-refractivity contribution is 5.27. The molecule has 3 nitrogen and oxygen atoms in total. The Labute approximate surface area is 190 Å². The van der Waals surface area contributed by atoms with Gasteiger partial charge in [-0.05, 0) is 93.6 Å². The Bertz CT molecular complexity index is 780. The molecule has 0 bridgehead atoms. The molecule has 0 radical (unpaired) electrons. The summed E-state index contributed by atoms with van der Waals surface area (Å²) in [5.74, 6) is 1.22. The second kappa shape index (κ2) is 8.92. The third kappa shape index (κ3) is 4.60. The lowest BCUT2D eigenvalue weighted by Crippen LogP contribution is -2.69. The standard InChI is InChI=1S/C26H38F3NO2/c1-18-7-8-19(15-23(18)31)9-10-20-5-3-13-24(2)21(11-12-22(20)24)6-4-14-30-16-25(32,17-30)26(27,28)29/h9-10,21-23,31-32H,1,3-8,11-17H2,2H3/b19-9-,20-10+. The van der Waals surface area contributed by atoms with Gasteiger partial charge >= 0.3 is 6.18 Å². The van der Waals surface area contributed by atoms with E-state index < -0.39 is 17.9 Å². The normalized spacial score (nSPS) is 38.2. The third-order valence-corrected chi connectivity index (χ3v) is 8.91. The Hall–Kier alpha value is -1.11. The molecule has 0 aromatic rings. The molecule has 4 unspecified atom stereocenters. The number of hydrogen-bond donors (Lipinski definition) is 2. The second-order valence-electron chi connectivity index (χ2n) is 11.0. The van der Waals surface area contributed by atoms with Crippen LogP contribution in [0.4, 0.5) is 13.2 Å². The first-order valence-corrected chi connectivity index (χ1v) is 12.3. The van der Waals surface area contributed by atoms with Crippen LogP contribution in [-0.2, 0) is 0 Å². The Morgan fingerprint density at radius 1 is 1.16 bits per heavy atom. The molecular weight excluding hydrogens is 415 g/mol. The number of halogens is 3. The van der Waals surface area contributed by atoms with Crippen molar-refractivity contribution < 1.29 is 23.4 Å². The van der Waals surface area contributed by atoms with Crippen LogP contribution in [0.2, 0.25) is 0 Å². The number of likely N-dealkylation sites (tertiary alicyclic amines) is 1. The lowest BCUT2D eigenvalue weighted by molar-refractivity contribution is -0.301. The Morgan fingerprint density at radius 2 is 1.91 bits per heavy atom. The first kappa shape index (κ1) is 24.0. The minimum absolute atomic E-state index is 0.282. The predicted molar refractivity (Wildman–Crippen MR) is 120 cm³/mol.